The fourth-order valence-electron chi connectivity index (χ4n) is 1.61. The smallest absolute Gasteiger partial charge is 0.231 e. The molecule has 12 heavy (non-hydrogen) atoms. The second kappa shape index (κ2) is 3.25. The van der Waals surface area contributed by atoms with Crippen molar-refractivity contribution >= 4 is 11.7 Å². The van der Waals surface area contributed by atoms with Crippen molar-refractivity contribution in [1.29, 1.82) is 5.41 Å². The lowest BCUT2D eigenvalue weighted by atomic mass is 9.94. The molecule has 0 bridgehead atoms. The number of rotatable bonds is 2. The number of amidine groups is 1. The van der Waals surface area contributed by atoms with Crippen molar-refractivity contribution in [2.24, 2.45) is 11.8 Å². The fraction of sp³-hybridized carbons (Fsp3) is 0.778. The van der Waals surface area contributed by atoms with Gasteiger partial charge in [-0.2, -0.15) is 0 Å². The van der Waals surface area contributed by atoms with Crippen molar-refractivity contribution in [2.45, 2.75) is 27.2 Å². The van der Waals surface area contributed by atoms with Crippen LogP contribution in [0.3, 0.4) is 0 Å². The summed E-state index contributed by atoms with van der Waals surface area (Å²) in [7, 11) is 0. The van der Waals surface area contributed by atoms with E-state index in [1.807, 2.05) is 20.8 Å². The Morgan fingerprint density at radius 2 is 2.25 bits per heavy atom. The molecule has 0 aromatic rings. The molecule has 3 heteroatoms. The monoisotopic (exact) mass is 168 g/mol. The highest BCUT2D eigenvalue weighted by Crippen LogP contribution is 2.25. The summed E-state index contributed by atoms with van der Waals surface area (Å²) >= 11 is 0. The van der Waals surface area contributed by atoms with E-state index in [0.717, 1.165) is 0 Å². The molecular formula is C9H16N2O. The normalized spacial score (nSPS) is 24.3. The Morgan fingerprint density at radius 1 is 1.67 bits per heavy atom. The summed E-state index contributed by atoms with van der Waals surface area (Å²) < 4.78 is 0. The maximum atomic E-state index is 11.6. The van der Waals surface area contributed by atoms with Gasteiger partial charge in [0.2, 0.25) is 5.91 Å². The minimum atomic E-state index is 0.0532. The van der Waals surface area contributed by atoms with E-state index in [1.54, 1.807) is 4.90 Å². The second-order valence-corrected chi connectivity index (χ2v) is 3.58. The van der Waals surface area contributed by atoms with E-state index in [0.29, 0.717) is 24.7 Å². The topological polar surface area (TPSA) is 44.2 Å². The van der Waals surface area contributed by atoms with E-state index < -0.39 is 0 Å². The fourth-order valence-corrected chi connectivity index (χ4v) is 1.61. The zero-order valence-corrected chi connectivity index (χ0v) is 7.92. The highest BCUT2D eigenvalue weighted by atomic mass is 16.2. The molecule has 1 fully saturated rings. The van der Waals surface area contributed by atoms with Gasteiger partial charge in [-0.15, -0.1) is 0 Å². The van der Waals surface area contributed by atoms with E-state index in [9.17, 15) is 4.79 Å². The number of nitrogens with one attached hydrogen (secondary N) is 1. The first-order chi connectivity index (χ1) is 5.57. The molecule has 68 valence electrons. The summed E-state index contributed by atoms with van der Waals surface area (Å²) in [5, 5.41) is 7.57. The van der Waals surface area contributed by atoms with Gasteiger partial charge in [0.1, 0.15) is 5.84 Å². The average molecular weight is 168 g/mol. The predicted molar refractivity (Wildman–Crippen MR) is 48.1 cm³/mol. The van der Waals surface area contributed by atoms with Gasteiger partial charge < -0.3 is 4.90 Å². The number of amides is 1. The second-order valence-electron chi connectivity index (χ2n) is 3.58. The molecule has 0 aromatic heterocycles. The number of nitrogens with zero attached hydrogens (tertiary/aromatic N) is 1. The van der Waals surface area contributed by atoms with Crippen molar-refractivity contribution < 1.29 is 4.79 Å². The third-order valence-corrected chi connectivity index (χ3v) is 2.44. The van der Waals surface area contributed by atoms with Crippen molar-refractivity contribution in [2.75, 3.05) is 6.54 Å². The van der Waals surface area contributed by atoms with Gasteiger partial charge in [0.15, 0.2) is 0 Å². The summed E-state index contributed by atoms with van der Waals surface area (Å²) in [5.74, 6) is 1.03. The first-order valence-electron chi connectivity index (χ1n) is 4.46. The Labute approximate surface area is 73.3 Å². The maximum Gasteiger partial charge on any atom is 0.231 e. The molecule has 0 aromatic carbocycles. The predicted octanol–water partition coefficient (Wildman–Crippen LogP) is 1.49. The molecule has 1 heterocycles. The molecule has 0 saturated carbocycles. The SMILES string of the molecule is CCN1C(=N)CC(C(C)C)C1=O. The van der Waals surface area contributed by atoms with Gasteiger partial charge in [-0.05, 0) is 12.8 Å². The van der Waals surface area contributed by atoms with E-state index in [4.69, 9.17) is 5.41 Å². The van der Waals surface area contributed by atoms with Crippen molar-refractivity contribution in [3.63, 3.8) is 0 Å². The zero-order valence-electron chi connectivity index (χ0n) is 7.92. The Bertz CT molecular complexity index is 211. The van der Waals surface area contributed by atoms with E-state index in [1.165, 1.54) is 0 Å². The lowest BCUT2D eigenvalue weighted by molar-refractivity contribution is -0.130. The molecule has 1 unspecified atom stereocenters. The standard InChI is InChI=1S/C9H16N2O/c1-4-11-8(10)5-7(6(2)3)9(11)12/h6-7,10H,4-5H2,1-3H3. The Balaban J connectivity index is 2.75. The lowest BCUT2D eigenvalue weighted by Crippen LogP contribution is -2.30. The summed E-state index contributed by atoms with van der Waals surface area (Å²) in [4.78, 5) is 13.1. The van der Waals surface area contributed by atoms with Crippen LogP contribution in [0.1, 0.15) is 27.2 Å². The molecule has 1 aliphatic rings. The van der Waals surface area contributed by atoms with Crippen LogP contribution in [0, 0.1) is 17.2 Å². The van der Waals surface area contributed by atoms with Gasteiger partial charge in [-0.3, -0.25) is 10.2 Å². The number of likely N-dealkylation sites (tertiary alicyclic amines) is 1. The molecule has 1 N–H and O–H groups in total. The lowest BCUT2D eigenvalue weighted by Gasteiger charge is -2.14. The number of hydrogen-bond acceptors (Lipinski definition) is 2. The van der Waals surface area contributed by atoms with Crippen LogP contribution in [-0.2, 0) is 4.79 Å². The van der Waals surface area contributed by atoms with Crippen molar-refractivity contribution in [3.8, 4) is 0 Å². The van der Waals surface area contributed by atoms with Gasteiger partial charge in [0.25, 0.3) is 0 Å². The molecule has 1 aliphatic heterocycles. The third-order valence-electron chi connectivity index (χ3n) is 2.44. The van der Waals surface area contributed by atoms with E-state index in [2.05, 4.69) is 0 Å². The highest BCUT2D eigenvalue weighted by molar-refractivity contribution is 6.04. The van der Waals surface area contributed by atoms with Crippen LogP contribution in [-0.4, -0.2) is 23.2 Å². The minimum Gasteiger partial charge on any atom is -0.301 e. The third kappa shape index (κ3) is 1.36. The molecule has 1 rings (SSSR count). The number of carbonyl (C=O) groups is 1. The van der Waals surface area contributed by atoms with Crippen LogP contribution in [0.5, 0.6) is 0 Å². The molecule has 1 saturated heterocycles. The molecule has 1 atom stereocenters. The molecule has 0 spiro atoms. The van der Waals surface area contributed by atoms with Gasteiger partial charge in [-0.25, -0.2) is 0 Å². The largest absolute Gasteiger partial charge is 0.301 e. The van der Waals surface area contributed by atoms with Gasteiger partial charge in [0, 0.05) is 18.9 Å². The van der Waals surface area contributed by atoms with Crippen LogP contribution in [0.25, 0.3) is 0 Å². The van der Waals surface area contributed by atoms with Crippen LogP contribution in [0.15, 0.2) is 0 Å². The summed E-state index contributed by atoms with van der Waals surface area (Å²) in [6.45, 7) is 6.63. The minimum absolute atomic E-state index is 0.0532. The van der Waals surface area contributed by atoms with E-state index >= 15 is 0 Å². The maximum absolute atomic E-state index is 11.6. The van der Waals surface area contributed by atoms with Crippen LogP contribution in [0.4, 0.5) is 0 Å². The molecular weight excluding hydrogens is 152 g/mol. The van der Waals surface area contributed by atoms with E-state index in [-0.39, 0.29) is 11.8 Å². The highest BCUT2D eigenvalue weighted by Gasteiger charge is 2.36. The van der Waals surface area contributed by atoms with Crippen molar-refractivity contribution in [3.05, 3.63) is 0 Å². The molecule has 1 amide bonds. The van der Waals surface area contributed by atoms with Crippen LogP contribution in [0.2, 0.25) is 0 Å². The Morgan fingerprint density at radius 3 is 2.50 bits per heavy atom. The molecule has 3 nitrogen and oxygen atoms in total. The number of carbonyl (C=O) groups excluding carboxylic acids is 1. The van der Waals surface area contributed by atoms with Gasteiger partial charge in [-0.1, -0.05) is 13.8 Å². The first kappa shape index (κ1) is 9.23. The quantitative estimate of drug-likeness (QED) is 0.667. The van der Waals surface area contributed by atoms with Crippen molar-refractivity contribution in [1.82, 2.24) is 4.90 Å². The van der Waals surface area contributed by atoms with Gasteiger partial charge in [0.05, 0.1) is 0 Å². The van der Waals surface area contributed by atoms with Gasteiger partial charge >= 0.3 is 0 Å². The summed E-state index contributed by atoms with van der Waals surface area (Å²) in [6.07, 6.45) is 0.629. The molecule has 0 radical (unpaired) electrons. The van der Waals surface area contributed by atoms with Crippen LogP contribution < -0.4 is 0 Å². The molecule has 0 aliphatic carbocycles. The average Bonchev–Trinajstić information content (AvgIpc) is 2.27. The summed E-state index contributed by atoms with van der Waals surface area (Å²) in [6, 6.07) is 0. The Hall–Kier alpha value is -0.860. The summed E-state index contributed by atoms with van der Waals surface area (Å²) in [5.41, 5.74) is 0. The van der Waals surface area contributed by atoms with Crippen LogP contribution >= 0.6 is 0 Å². The zero-order chi connectivity index (χ0) is 9.30. The first-order valence-corrected chi connectivity index (χ1v) is 4.46. The Kier molecular flexibility index (Phi) is 2.50. The number of hydrogen-bond donors (Lipinski definition) is 1.